The van der Waals surface area contributed by atoms with Gasteiger partial charge in [0.2, 0.25) is 0 Å². The van der Waals surface area contributed by atoms with Gasteiger partial charge < -0.3 is 15.4 Å². The van der Waals surface area contributed by atoms with Crippen molar-refractivity contribution in [3.05, 3.63) is 29.6 Å². The van der Waals surface area contributed by atoms with Crippen LogP contribution in [-0.4, -0.2) is 37.2 Å². The van der Waals surface area contributed by atoms with Crippen molar-refractivity contribution in [2.45, 2.75) is 40.7 Å². The van der Waals surface area contributed by atoms with Gasteiger partial charge >= 0.3 is 0 Å². The van der Waals surface area contributed by atoms with Crippen LogP contribution >= 0.6 is 0 Å². The van der Waals surface area contributed by atoms with Gasteiger partial charge in [0.15, 0.2) is 5.96 Å². The van der Waals surface area contributed by atoms with E-state index in [0.29, 0.717) is 19.1 Å². The topological polar surface area (TPSA) is 58.5 Å². The van der Waals surface area contributed by atoms with Crippen LogP contribution in [0.4, 0.5) is 0 Å². The molecule has 5 heteroatoms. The molecule has 1 aromatic rings. The molecule has 2 N–H and O–H groups in total. The van der Waals surface area contributed by atoms with Gasteiger partial charge in [-0.25, -0.2) is 4.99 Å². The maximum absolute atomic E-state index is 5.60. The van der Waals surface area contributed by atoms with Crippen molar-refractivity contribution in [1.29, 1.82) is 0 Å². The Labute approximate surface area is 134 Å². The normalized spacial score (nSPS) is 11.8. The van der Waals surface area contributed by atoms with Gasteiger partial charge in [0.25, 0.3) is 0 Å². The molecule has 0 fully saturated rings. The summed E-state index contributed by atoms with van der Waals surface area (Å²) in [6.07, 6.45) is 2.91. The fraction of sp³-hybridized carbons (Fsp3) is 0.647. The van der Waals surface area contributed by atoms with Gasteiger partial charge in [-0.2, -0.15) is 0 Å². The number of aliphatic imine (C=N–C) groups is 1. The summed E-state index contributed by atoms with van der Waals surface area (Å²) >= 11 is 0. The summed E-state index contributed by atoms with van der Waals surface area (Å²) in [5, 5.41) is 6.52. The van der Waals surface area contributed by atoms with Gasteiger partial charge in [0.1, 0.15) is 0 Å². The predicted octanol–water partition coefficient (Wildman–Crippen LogP) is 2.51. The summed E-state index contributed by atoms with van der Waals surface area (Å²) in [6.45, 7) is 12.2. The Balaban J connectivity index is 2.35. The quantitative estimate of drug-likeness (QED) is 0.418. The molecule has 1 aromatic heterocycles. The molecule has 5 nitrogen and oxygen atoms in total. The second kappa shape index (κ2) is 11.0. The molecule has 0 aliphatic carbocycles. The molecule has 0 spiro atoms. The molecule has 0 saturated carbocycles. The molecule has 0 aromatic carbocycles. The number of ether oxygens (including phenoxy) is 1. The Bertz CT molecular complexity index is 446. The average Bonchev–Trinajstić information content (AvgIpc) is 2.49. The molecule has 0 unspecified atom stereocenters. The Kier molecular flexibility index (Phi) is 9.23. The van der Waals surface area contributed by atoms with E-state index >= 15 is 0 Å². The third-order valence-corrected chi connectivity index (χ3v) is 3.23. The van der Waals surface area contributed by atoms with Gasteiger partial charge in [-0.3, -0.25) is 4.98 Å². The first-order valence-electron chi connectivity index (χ1n) is 8.14. The average molecular weight is 306 g/mol. The van der Waals surface area contributed by atoms with Crippen LogP contribution in [0.25, 0.3) is 0 Å². The number of pyridine rings is 1. The SMILES string of the molecule is CCNC(=NCc1ncccc1C)NCCOCCC(C)C. The lowest BCUT2D eigenvalue weighted by molar-refractivity contribution is 0.128. The maximum Gasteiger partial charge on any atom is 0.191 e. The number of aryl methyl sites for hydroxylation is 1. The van der Waals surface area contributed by atoms with Crippen LogP contribution in [0, 0.1) is 12.8 Å². The first-order chi connectivity index (χ1) is 10.6. The number of guanidine groups is 1. The number of rotatable bonds is 9. The van der Waals surface area contributed by atoms with Gasteiger partial charge in [-0.15, -0.1) is 0 Å². The van der Waals surface area contributed by atoms with Crippen LogP contribution in [0.15, 0.2) is 23.3 Å². The van der Waals surface area contributed by atoms with Crippen molar-refractivity contribution in [2.24, 2.45) is 10.9 Å². The van der Waals surface area contributed by atoms with Crippen LogP contribution in [0.5, 0.6) is 0 Å². The van der Waals surface area contributed by atoms with E-state index in [2.05, 4.69) is 54.4 Å². The first kappa shape index (κ1) is 18.4. The zero-order valence-electron chi connectivity index (χ0n) is 14.4. The second-order valence-corrected chi connectivity index (χ2v) is 5.68. The van der Waals surface area contributed by atoms with Crippen molar-refractivity contribution < 1.29 is 4.74 Å². The third-order valence-electron chi connectivity index (χ3n) is 3.23. The van der Waals surface area contributed by atoms with E-state index in [1.807, 2.05) is 6.07 Å². The first-order valence-corrected chi connectivity index (χ1v) is 8.14. The molecule has 22 heavy (non-hydrogen) atoms. The van der Waals surface area contributed by atoms with Crippen LogP contribution < -0.4 is 10.6 Å². The molecule has 0 aliphatic rings. The lowest BCUT2D eigenvalue weighted by Gasteiger charge is -2.12. The molecule has 124 valence electrons. The Morgan fingerprint density at radius 2 is 2.14 bits per heavy atom. The van der Waals surface area contributed by atoms with Crippen LogP contribution in [0.1, 0.15) is 38.4 Å². The largest absolute Gasteiger partial charge is 0.380 e. The summed E-state index contributed by atoms with van der Waals surface area (Å²) in [5.74, 6) is 1.49. The molecule has 1 heterocycles. The van der Waals surface area contributed by atoms with E-state index in [0.717, 1.165) is 37.8 Å². The molecular formula is C17H30N4O. The number of hydrogen-bond donors (Lipinski definition) is 2. The van der Waals surface area contributed by atoms with Crippen molar-refractivity contribution >= 4 is 5.96 Å². The number of hydrogen-bond acceptors (Lipinski definition) is 3. The van der Waals surface area contributed by atoms with E-state index < -0.39 is 0 Å². The van der Waals surface area contributed by atoms with Crippen molar-refractivity contribution in [3.63, 3.8) is 0 Å². The van der Waals surface area contributed by atoms with Crippen LogP contribution in [0.3, 0.4) is 0 Å². The van der Waals surface area contributed by atoms with Gasteiger partial charge in [-0.05, 0) is 37.8 Å². The standard InChI is InChI=1S/C17H30N4O/c1-5-18-17(20-10-12-22-11-8-14(2)3)21-13-16-15(4)7-6-9-19-16/h6-7,9,14H,5,8,10-13H2,1-4H3,(H2,18,20,21). The minimum Gasteiger partial charge on any atom is -0.380 e. The van der Waals surface area contributed by atoms with Crippen molar-refractivity contribution in [1.82, 2.24) is 15.6 Å². The fourth-order valence-corrected chi connectivity index (χ4v) is 1.84. The minimum absolute atomic E-state index is 0.580. The van der Waals surface area contributed by atoms with Crippen LogP contribution in [0.2, 0.25) is 0 Å². The maximum atomic E-state index is 5.60. The zero-order valence-corrected chi connectivity index (χ0v) is 14.4. The highest BCUT2D eigenvalue weighted by molar-refractivity contribution is 5.79. The molecule has 0 amide bonds. The van der Waals surface area contributed by atoms with E-state index in [-0.39, 0.29) is 0 Å². The van der Waals surface area contributed by atoms with E-state index in [1.54, 1.807) is 6.20 Å². The highest BCUT2D eigenvalue weighted by atomic mass is 16.5. The molecule has 0 aliphatic heterocycles. The summed E-state index contributed by atoms with van der Waals surface area (Å²) in [4.78, 5) is 8.93. The Morgan fingerprint density at radius 1 is 1.32 bits per heavy atom. The Hall–Kier alpha value is -1.62. The predicted molar refractivity (Wildman–Crippen MR) is 92.1 cm³/mol. The number of aromatic nitrogens is 1. The van der Waals surface area contributed by atoms with Crippen molar-refractivity contribution in [2.75, 3.05) is 26.3 Å². The van der Waals surface area contributed by atoms with Gasteiger partial charge in [0.05, 0.1) is 18.8 Å². The monoisotopic (exact) mass is 306 g/mol. The fourth-order valence-electron chi connectivity index (χ4n) is 1.84. The highest BCUT2D eigenvalue weighted by Crippen LogP contribution is 2.04. The second-order valence-electron chi connectivity index (χ2n) is 5.68. The highest BCUT2D eigenvalue weighted by Gasteiger charge is 2.00. The summed E-state index contributed by atoms with van der Waals surface area (Å²) in [6, 6.07) is 4.00. The molecular weight excluding hydrogens is 276 g/mol. The minimum atomic E-state index is 0.580. The summed E-state index contributed by atoms with van der Waals surface area (Å²) in [5.41, 5.74) is 2.17. The molecule has 0 atom stereocenters. The van der Waals surface area contributed by atoms with Crippen LogP contribution in [-0.2, 0) is 11.3 Å². The molecule has 0 saturated heterocycles. The summed E-state index contributed by atoms with van der Waals surface area (Å²) < 4.78 is 5.60. The lowest BCUT2D eigenvalue weighted by Crippen LogP contribution is -2.39. The lowest BCUT2D eigenvalue weighted by atomic mass is 10.1. The summed E-state index contributed by atoms with van der Waals surface area (Å²) in [7, 11) is 0. The number of nitrogens with one attached hydrogen (secondary N) is 2. The Morgan fingerprint density at radius 3 is 2.82 bits per heavy atom. The molecule has 1 rings (SSSR count). The zero-order chi connectivity index (χ0) is 16.2. The molecule has 0 radical (unpaired) electrons. The third kappa shape index (κ3) is 7.98. The van der Waals surface area contributed by atoms with Gasteiger partial charge in [-0.1, -0.05) is 19.9 Å². The van der Waals surface area contributed by atoms with Crippen molar-refractivity contribution in [3.8, 4) is 0 Å². The van der Waals surface area contributed by atoms with Gasteiger partial charge in [0, 0.05) is 25.9 Å². The number of nitrogens with zero attached hydrogens (tertiary/aromatic N) is 2. The molecule has 0 bridgehead atoms. The van der Waals surface area contributed by atoms with E-state index in [1.165, 1.54) is 5.56 Å². The van der Waals surface area contributed by atoms with E-state index in [4.69, 9.17) is 4.74 Å². The smallest absolute Gasteiger partial charge is 0.191 e. The van der Waals surface area contributed by atoms with E-state index in [9.17, 15) is 0 Å².